The number of ether oxygens (including phenoxy) is 3. The molecule has 0 aliphatic carbocycles. The summed E-state index contributed by atoms with van der Waals surface area (Å²) in [5.41, 5.74) is 0.583. The lowest BCUT2D eigenvalue weighted by molar-refractivity contribution is -0.149. The number of benzene rings is 1. The van der Waals surface area contributed by atoms with Gasteiger partial charge in [0.1, 0.15) is 0 Å². The minimum absolute atomic E-state index is 0.342. The number of imide groups is 1. The number of carbonyl (C=O) groups is 3. The minimum atomic E-state index is -1.14. The van der Waals surface area contributed by atoms with Gasteiger partial charge >= 0.3 is 12.0 Å². The molecule has 1 aromatic rings. The zero-order valence-corrected chi connectivity index (χ0v) is 16.4. The number of nitrogens with one attached hydrogen (secondary N) is 2. The quantitative estimate of drug-likeness (QED) is 0.515. The summed E-state index contributed by atoms with van der Waals surface area (Å²) in [6.07, 6.45) is 2.28. The molecule has 9 heteroatoms. The van der Waals surface area contributed by atoms with Gasteiger partial charge in [-0.3, -0.25) is 10.1 Å². The summed E-state index contributed by atoms with van der Waals surface area (Å²) >= 11 is 6.21. The van der Waals surface area contributed by atoms with E-state index < -0.39 is 24.0 Å². The highest BCUT2D eigenvalue weighted by molar-refractivity contribution is 6.32. The summed E-state index contributed by atoms with van der Waals surface area (Å²) < 4.78 is 15.8. The van der Waals surface area contributed by atoms with Gasteiger partial charge in [-0.15, -0.1) is 0 Å². The van der Waals surface area contributed by atoms with E-state index in [-0.39, 0.29) is 0 Å². The van der Waals surface area contributed by atoms with Crippen LogP contribution in [0, 0.1) is 0 Å². The monoisotopic (exact) mass is 398 g/mol. The molecular weight excluding hydrogens is 376 g/mol. The molecule has 2 N–H and O–H groups in total. The molecular formula is C18H23ClN2O6. The van der Waals surface area contributed by atoms with Crippen molar-refractivity contribution in [1.82, 2.24) is 10.6 Å². The van der Waals surface area contributed by atoms with Crippen molar-refractivity contribution in [3.05, 3.63) is 28.8 Å². The van der Waals surface area contributed by atoms with Crippen LogP contribution in [-0.2, 0) is 14.3 Å². The van der Waals surface area contributed by atoms with Crippen LogP contribution in [0.5, 0.6) is 11.5 Å². The minimum Gasteiger partial charge on any atom is -0.493 e. The number of urea groups is 1. The number of methoxy groups -OCH3 is 1. The van der Waals surface area contributed by atoms with Gasteiger partial charge in [-0.25, -0.2) is 9.59 Å². The Hall–Kier alpha value is -2.74. The van der Waals surface area contributed by atoms with Gasteiger partial charge in [-0.1, -0.05) is 18.5 Å². The van der Waals surface area contributed by atoms with E-state index in [1.807, 2.05) is 12.2 Å². The van der Waals surface area contributed by atoms with Crippen molar-refractivity contribution in [1.29, 1.82) is 0 Å². The highest BCUT2D eigenvalue weighted by Gasteiger charge is 2.18. The van der Waals surface area contributed by atoms with E-state index in [1.165, 1.54) is 27.2 Å². The van der Waals surface area contributed by atoms with Crippen LogP contribution >= 0.6 is 11.6 Å². The molecule has 1 aromatic carbocycles. The molecule has 8 nitrogen and oxygen atoms in total. The van der Waals surface area contributed by atoms with Crippen molar-refractivity contribution < 1.29 is 28.6 Å². The molecule has 0 aliphatic rings. The fourth-order valence-corrected chi connectivity index (χ4v) is 2.16. The second-order valence-corrected chi connectivity index (χ2v) is 5.77. The van der Waals surface area contributed by atoms with Crippen LogP contribution in [0.3, 0.4) is 0 Å². The Morgan fingerprint density at radius 3 is 2.59 bits per heavy atom. The molecule has 0 bridgehead atoms. The third kappa shape index (κ3) is 7.18. The van der Waals surface area contributed by atoms with E-state index in [2.05, 4.69) is 5.32 Å². The first-order chi connectivity index (χ1) is 12.8. The van der Waals surface area contributed by atoms with Gasteiger partial charge in [0.25, 0.3) is 5.91 Å². The van der Waals surface area contributed by atoms with Crippen molar-refractivity contribution >= 4 is 35.6 Å². The normalized spacial score (nSPS) is 11.6. The Morgan fingerprint density at radius 2 is 2.00 bits per heavy atom. The lowest BCUT2D eigenvalue weighted by Gasteiger charge is -2.13. The highest BCUT2D eigenvalue weighted by atomic mass is 35.5. The lowest BCUT2D eigenvalue weighted by Crippen LogP contribution is -2.43. The van der Waals surface area contributed by atoms with Gasteiger partial charge in [-0.2, -0.15) is 0 Å². The van der Waals surface area contributed by atoms with Gasteiger partial charge in [0, 0.05) is 13.1 Å². The van der Waals surface area contributed by atoms with E-state index >= 15 is 0 Å². The Labute approximate surface area is 162 Å². The molecule has 148 valence electrons. The Bertz CT molecular complexity index is 720. The first-order valence-electron chi connectivity index (χ1n) is 8.23. The summed E-state index contributed by atoms with van der Waals surface area (Å²) in [5.74, 6) is -0.628. The van der Waals surface area contributed by atoms with Crippen molar-refractivity contribution in [3.8, 4) is 11.5 Å². The predicted octanol–water partition coefficient (Wildman–Crippen LogP) is 2.54. The number of hydrogen-bond acceptors (Lipinski definition) is 6. The summed E-state index contributed by atoms with van der Waals surface area (Å²) in [6.45, 7) is 3.82. The molecule has 0 aromatic heterocycles. The van der Waals surface area contributed by atoms with Crippen molar-refractivity contribution in [2.45, 2.75) is 26.4 Å². The number of rotatable bonds is 8. The highest BCUT2D eigenvalue weighted by Crippen LogP contribution is 2.36. The second-order valence-electron chi connectivity index (χ2n) is 5.36. The fourth-order valence-electron chi connectivity index (χ4n) is 1.89. The standard InChI is InChI=1S/C18H23ClN2O6/c1-5-8-26-16-13(19)9-12(10-14(16)25-4)6-7-15(22)27-11(2)17(23)21-18(24)20-3/h6-7,9-11H,5,8H2,1-4H3,(H2,20,21,23,24)/b7-6+/t11-/m1/s1. The maximum Gasteiger partial charge on any atom is 0.331 e. The Kier molecular flexibility index (Phi) is 9.15. The molecule has 27 heavy (non-hydrogen) atoms. The molecule has 0 spiro atoms. The zero-order chi connectivity index (χ0) is 20.4. The Morgan fingerprint density at radius 1 is 1.30 bits per heavy atom. The molecule has 0 radical (unpaired) electrons. The molecule has 0 aliphatic heterocycles. The number of hydrogen-bond donors (Lipinski definition) is 2. The van der Waals surface area contributed by atoms with Gasteiger partial charge in [0.15, 0.2) is 17.6 Å². The van der Waals surface area contributed by atoms with Crippen LogP contribution < -0.4 is 20.1 Å². The van der Waals surface area contributed by atoms with Gasteiger partial charge in [-0.05, 0) is 37.1 Å². The number of carbonyl (C=O) groups excluding carboxylic acids is 3. The maximum atomic E-state index is 11.9. The van der Waals surface area contributed by atoms with Gasteiger partial charge in [0.05, 0.1) is 18.7 Å². The summed E-state index contributed by atoms with van der Waals surface area (Å²) in [4.78, 5) is 34.6. The van der Waals surface area contributed by atoms with E-state index in [4.69, 9.17) is 25.8 Å². The lowest BCUT2D eigenvalue weighted by atomic mass is 10.2. The van der Waals surface area contributed by atoms with Crippen molar-refractivity contribution in [2.75, 3.05) is 20.8 Å². The molecule has 0 fully saturated rings. The molecule has 0 saturated heterocycles. The molecule has 0 saturated carbocycles. The van der Waals surface area contributed by atoms with Crippen LogP contribution in [0.4, 0.5) is 4.79 Å². The fraction of sp³-hybridized carbons (Fsp3) is 0.389. The zero-order valence-electron chi connectivity index (χ0n) is 15.6. The molecule has 0 unspecified atom stereocenters. The molecule has 1 rings (SSSR count). The molecule has 3 amide bonds. The third-order valence-electron chi connectivity index (χ3n) is 3.24. The number of amides is 3. The average Bonchev–Trinajstić information content (AvgIpc) is 2.64. The van der Waals surface area contributed by atoms with Crippen molar-refractivity contribution in [3.63, 3.8) is 0 Å². The summed E-state index contributed by atoms with van der Waals surface area (Å²) in [7, 11) is 2.85. The van der Waals surface area contributed by atoms with Gasteiger partial charge in [0.2, 0.25) is 0 Å². The summed E-state index contributed by atoms with van der Waals surface area (Å²) in [5, 5.41) is 4.58. The SMILES string of the molecule is CCCOc1c(Cl)cc(/C=C/C(=O)O[C@H](C)C(=O)NC(=O)NC)cc1OC. The van der Waals surface area contributed by atoms with Crippen LogP contribution in [-0.4, -0.2) is 44.8 Å². The van der Waals surface area contributed by atoms with Crippen LogP contribution in [0.2, 0.25) is 5.02 Å². The van der Waals surface area contributed by atoms with Gasteiger partial charge < -0.3 is 19.5 Å². The van der Waals surface area contributed by atoms with E-state index in [0.29, 0.717) is 28.7 Å². The summed E-state index contributed by atoms with van der Waals surface area (Å²) in [6, 6.07) is 2.58. The number of halogens is 1. The maximum absolute atomic E-state index is 11.9. The van der Waals surface area contributed by atoms with E-state index in [9.17, 15) is 14.4 Å². The smallest absolute Gasteiger partial charge is 0.331 e. The topological polar surface area (TPSA) is 103 Å². The predicted molar refractivity (Wildman–Crippen MR) is 101 cm³/mol. The van der Waals surface area contributed by atoms with Crippen LogP contribution in [0.25, 0.3) is 6.08 Å². The average molecular weight is 399 g/mol. The molecule has 1 atom stereocenters. The van der Waals surface area contributed by atoms with Crippen LogP contribution in [0.15, 0.2) is 18.2 Å². The number of esters is 1. The van der Waals surface area contributed by atoms with Crippen LogP contribution in [0.1, 0.15) is 25.8 Å². The van der Waals surface area contributed by atoms with E-state index in [0.717, 1.165) is 12.5 Å². The third-order valence-corrected chi connectivity index (χ3v) is 3.52. The first kappa shape index (κ1) is 22.3. The first-order valence-corrected chi connectivity index (χ1v) is 8.61. The molecule has 0 heterocycles. The Balaban J connectivity index is 2.78. The van der Waals surface area contributed by atoms with E-state index in [1.54, 1.807) is 12.1 Å². The van der Waals surface area contributed by atoms with Crippen molar-refractivity contribution in [2.24, 2.45) is 0 Å². The second kappa shape index (κ2) is 11.1. The largest absolute Gasteiger partial charge is 0.493 e.